The van der Waals surface area contributed by atoms with E-state index in [4.69, 9.17) is 4.74 Å². The number of para-hydroxylation sites is 1. The molecule has 1 aliphatic rings. The summed E-state index contributed by atoms with van der Waals surface area (Å²) in [5.41, 5.74) is 1.50. The molecule has 2 atom stereocenters. The molecule has 1 aliphatic heterocycles. The molecule has 0 saturated carbocycles. The lowest BCUT2D eigenvalue weighted by atomic mass is 9.70. The van der Waals surface area contributed by atoms with Gasteiger partial charge in [0.25, 0.3) is 10.0 Å². The van der Waals surface area contributed by atoms with Crippen molar-refractivity contribution in [1.29, 1.82) is 0 Å². The van der Waals surface area contributed by atoms with Crippen LogP contribution in [0.15, 0.2) is 107 Å². The monoisotopic (exact) mass is 612 g/mol. The van der Waals surface area contributed by atoms with E-state index in [0.717, 1.165) is 23.8 Å². The number of carbonyl (C=O) groups excluding carboxylic acids is 1. The molecule has 2 N–H and O–H groups in total. The van der Waals surface area contributed by atoms with E-state index in [-0.39, 0.29) is 22.6 Å². The topological polar surface area (TPSA) is 106 Å². The zero-order chi connectivity index (χ0) is 31.5. The van der Waals surface area contributed by atoms with E-state index in [0.29, 0.717) is 29.6 Å². The minimum atomic E-state index is -3.98. The average Bonchev–Trinajstić information content (AvgIpc) is 2.97. The van der Waals surface area contributed by atoms with E-state index < -0.39 is 32.9 Å². The van der Waals surface area contributed by atoms with Crippen LogP contribution in [0.3, 0.4) is 0 Å². The number of rotatable bonds is 10. The van der Waals surface area contributed by atoms with Gasteiger partial charge in [-0.3, -0.25) is 9.71 Å². The number of anilines is 1. The summed E-state index contributed by atoms with van der Waals surface area (Å²) in [5, 5.41) is 12.3. The number of esters is 1. The summed E-state index contributed by atoms with van der Waals surface area (Å²) in [5.74, 6) is -1.04. The number of aromatic nitrogens is 1. The first-order chi connectivity index (χ1) is 20.9. The molecule has 44 heavy (non-hydrogen) atoms. The number of aryl methyl sites for hydroxylation is 1. The molecule has 2 unspecified atom stereocenters. The summed E-state index contributed by atoms with van der Waals surface area (Å²) >= 11 is 0. The molecule has 8 heteroatoms. The number of carbonyl (C=O) groups is 1. The predicted octanol–water partition coefficient (Wildman–Crippen LogP) is 8.10. The van der Waals surface area contributed by atoms with Crippen molar-refractivity contribution in [2.75, 3.05) is 4.72 Å². The van der Waals surface area contributed by atoms with Crippen LogP contribution < -0.4 is 4.72 Å². The van der Waals surface area contributed by atoms with Gasteiger partial charge in [0.05, 0.1) is 11.1 Å². The quantitative estimate of drug-likeness (QED) is 0.175. The molecular weight excluding hydrogens is 572 g/mol. The van der Waals surface area contributed by atoms with Crippen LogP contribution in [0.25, 0.3) is 10.9 Å². The van der Waals surface area contributed by atoms with Crippen molar-refractivity contribution in [2.24, 2.45) is 5.41 Å². The zero-order valence-corrected chi connectivity index (χ0v) is 26.5. The van der Waals surface area contributed by atoms with Gasteiger partial charge in [-0.2, -0.15) is 0 Å². The van der Waals surface area contributed by atoms with Crippen molar-refractivity contribution >= 4 is 32.6 Å². The smallest absolute Gasteiger partial charge is 0.338 e. The van der Waals surface area contributed by atoms with E-state index in [9.17, 15) is 18.3 Å². The number of hydrogen-bond donors (Lipinski definition) is 2. The maximum Gasteiger partial charge on any atom is 0.338 e. The minimum absolute atomic E-state index is 0.0375. The van der Waals surface area contributed by atoms with E-state index >= 15 is 0 Å². The van der Waals surface area contributed by atoms with E-state index in [1.165, 1.54) is 6.07 Å². The van der Waals surface area contributed by atoms with Gasteiger partial charge in [-0.1, -0.05) is 94.8 Å². The fraction of sp³-hybridized carbons (Fsp3) is 0.333. The molecular formula is C36H40N2O5S. The van der Waals surface area contributed by atoms with Crippen LogP contribution in [0.4, 0.5) is 5.69 Å². The molecule has 7 nitrogen and oxygen atoms in total. The van der Waals surface area contributed by atoms with Crippen molar-refractivity contribution < 1.29 is 23.1 Å². The molecule has 4 aromatic rings. The molecule has 230 valence electrons. The van der Waals surface area contributed by atoms with Crippen molar-refractivity contribution in [1.82, 2.24) is 4.98 Å². The van der Waals surface area contributed by atoms with Crippen LogP contribution in [0.5, 0.6) is 0 Å². The third-order valence-corrected chi connectivity index (χ3v) is 9.67. The molecule has 0 spiro atoms. The summed E-state index contributed by atoms with van der Waals surface area (Å²) < 4.78 is 36.0. The first kappa shape index (κ1) is 31.3. The Morgan fingerprint density at radius 2 is 1.70 bits per heavy atom. The van der Waals surface area contributed by atoms with Gasteiger partial charge in [-0.15, -0.1) is 0 Å². The van der Waals surface area contributed by atoms with Crippen LogP contribution >= 0.6 is 0 Å². The van der Waals surface area contributed by atoms with Crippen LogP contribution in [0, 0.1) is 5.41 Å². The van der Waals surface area contributed by atoms with Gasteiger partial charge in [0.2, 0.25) is 0 Å². The number of aliphatic hydroxyl groups is 1. The van der Waals surface area contributed by atoms with Crippen molar-refractivity contribution in [2.45, 2.75) is 76.2 Å². The van der Waals surface area contributed by atoms with Gasteiger partial charge in [-0.05, 0) is 60.1 Å². The maximum absolute atomic E-state index is 13.8. The lowest BCUT2D eigenvalue weighted by molar-refractivity contribution is -0.161. The third kappa shape index (κ3) is 6.65. The first-order valence-corrected chi connectivity index (χ1v) is 16.6. The van der Waals surface area contributed by atoms with Crippen molar-refractivity contribution in [3.63, 3.8) is 0 Å². The molecule has 0 radical (unpaired) electrons. The highest BCUT2D eigenvalue weighted by atomic mass is 32.2. The molecule has 0 fully saturated rings. The third-order valence-electron chi connectivity index (χ3n) is 8.26. The maximum atomic E-state index is 13.8. The Labute approximate surface area is 260 Å². The van der Waals surface area contributed by atoms with Gasteiger partial charge >= 0.3 is 5.97 Å². The van der Waals surface area contributed by atoms with Gasteiger partial charge < -0.3 is 9.84 Å². The Hall–Kier alpha value is -4.17. The van der Waals surface area contributed by atoms with Crippen LogP contribution in [0.2, 0.25) is 0 Å². The minimum Gasteiger partial charge on any atom is -0.512 e. The number of pyridine rings is 1. The summed E-state index contributed by atoms with van der Waals surface area (Å²) in [6.07, 6.45) is 4.59. The van der Waals surface area contributed by atoms with Crippen LogP contribution in [-0.4, -0.2) is 30.1 Å². The number of benzene rings is 3. The number of nitrogens with zero attached hydrogens (tertiary/aromatic N) is 1. The van der Waals surface area contributed by atoms with E-state index in [2.05, 4.69) is 21.8 Å². The van der Waals surface area contributed by atoms with E-state index in [1.54, 1.807) is 36.5 Å². The Morgan fingerprint density at radius 3 is 2.41 bits per heavy atom. The van der Waals surface area contributed by atoms with Gasteiger partial charge in [0.15, 0.2) is 0 Å². The number of sulfonamides is 1. The highest BCUT2D eigenvalue weighted by molar-refractivity contribution is 7.93. The molecule has 5 rings (SSSR count). The van der Waals surface area contributed by atoms with Crippen molar-refractivity contribution in [3.8, 4) is 0 Å². The number of aliphatic hydroxyl groups excluding tert-OH is 1. The molecule has 0 saturated heterocycles. The van der Waals surface area contributed by atoms with Crippen LogP contribution in [0.1, 0.15) is 70.4 Å². The summed E-state index contributed by atoms with van der Waals surface area (Å²) in [6, 6.07) is 25.7. The molecule has 0 aliphatic carbocycles. The van der Waals surface area contributed by atoms with Gasteiger partial charge in [-0.25, -0.2) is 13.2 Å². The summed E-state index contributed by atoms with van der Waals surface area (Å²) in [6.45, 7) is 8.03. The lowest BCUT2D eigenvalue weighted by Gasteiger charge is -2.41. The zero-order valence-electron chi connectivity index (χ0n) is 25.7. The average molecular weight is 613 g/mol. The normalized spacial score (nSPS) is 18.2. The SMILES string of the molecule is CCCC1(CCc2ccccc2)CC(O)=C(C(c2cccc(NS(=O)(=O)c3cccc4cccnc34)c2)C(C)(C)C)C(=O)O1. The fourth-order valence-corrected chi connectivity index (χ4v) is 7.58. The summed E-state index contributed by atoms with van der Waals surface area (Å²) in [7, 11) is -3.98. The lowest BCUT2D eigenvalue weighted by Crippen LogP contribution is -2.43. The van der Waals surface area contributed by atoms with E-state index in [1.807, 2.05) is 64.1 Å². The second-order valence-corrected chi connectivity index (χ2v) is 14.4. The molecule has 2 heterocycles. The molecule has 3 aromatic carbocycles. The number of cyclic esters (lactones) is 1. The van der Waals surface area contributed by atoms with Crippen LogP contribution in [-0.2, 0) is 26.0 Å². The fourth-order valence-electron chi connectivity index (χ4n) is 6.35. The Balaban J connectivity index is 1.47. The standard InChI is InChI=1S/C36H40N2O5S/c1-5-20-36(21-19-25-12-7-6-8-13-25)24-29(39)31(34(40)43-36)32(35(2,3)4)27-15-9-17-28(23-27)38-44(41,42)30-18-10-14-26-16-11-22-37-33(26)30/h6-18,22-23,32,38-39H,5,19-21,24H2,1-4H3. The Kier molecular flexibility index (Phi) is 8.84. The second kappa shape index (κ2) is 12.4. The first-order valence-electron chi connectivity index (χ1n) is 15.1. The van der Waals surface area contributed by atoms with Crippen molar-refractivity contribution in [3.05, 3.63) is 114 Å². The second-order valence-electron chi connectivity index (χ2n) is 12.7. The largest absolute Gasteiger partial charge is 0.512 e. The Morgan fingerprint density at radius 1 is 0.977 bits per heavy atom. The number of hydrogen-bond acceptors (Lipinski definition) is 6. The molecule has 0 bridgehead atoms. The highest BCUT2D eigenvalue weighted by Gasteiger charge is 2.46. The van der Waals surface area contributed by atoms with Gasteiger partial charge in [0.1, 0.15) is 16.3 Å². The van der Waals surface area contributed by atoms with Gasteiger partial charge in [0, 0.05) is 29.6 Å². The molecule has 1 aromatic heterocycles. The Bertz CT molecular complexity index is 1790. The highest BCUT2D eigenvalue weighted by Crippen LogP contribution is 2.47. The molecule has 0 amide bonds. The summed E-state index contributed by atoms with van der Waals surface area (Å²) in [4.78, 5) is 18.2. The number of ether oxygens (including phenoxy) is 1. The predicted molar refractivity (Wildman–Crippen MR) is 174 cm³/mol. The number of fused-ring (bicyclic) bond motifs is 1. The number of nitrogens with one attached hydrogen (secondary N) is 1.